The van der Waals surface area contributed by atoms with E-state index in [9.17, 15) is 14.4 Å². The van der Waals surface area contributed by atoms with Crippen LogP contribution in [-0.2, 0) is 25.6 Å². The van der Waals surface area contributed by atoms with E-state index in [-0.39, 0.29) is 36.9 Å². The number of rotatable bonds is 7. The third kappa shape index (κ3) is 4.88. The van der Waals surface area contributed by atoms with Gasteiger partial charge in [0.1, 0.15) is 13.2 Å². The van der Waals surface area contributed by atoms with Crippen LogP contribution in [0.15, 0.2) is 23.4 Å². The Morgan fingerprint density at radius 3 is 2.70 bits per heavy atom. The molecule has 30 heavy (non-hydrogen) atoms. The van der Waals surface area contributed by atoms with Crippen LogP contribution in [0.4, 0.5) is 0 Å². The summed E-state index contributed by atoms with van der Waals surface area (Å²) in [6.07, 6.45) is 1.17. The molecule has 0 aliphatic carbocycles. The van der Waals surface area contributed by atoms with Crippen molar-refractivity contribution < 1.29 is 29.1 Å². The monoisotopic (exact) mass is 418 g/mol. The Hall–Kier alpha value is -3.14. The Kier molecular flexibility index (Phi) is 6.88. The summed E-state index contributed by atoms with van der Waals surface area (Å²) in [5.41, 5.74) is 7.38. The molecule has 3 N–H and O–H groups in total. The lowest BCUT2D eigenvalue weighted by Gasteiger charge is -2.32. The van der Waals surface area contributed by atoms with Gasteiger partial charge in [-0.3, -0.25) is 9.59 Å². The van der Waals surface area contributed by atoms with Gasteiger partial charge in [-0.1, -0.05) is 11.2 Å². The van der Waals surface area contributed by atoms with Crippen LogP contribution in [0.3, 0.4) is 0 Å². The van der Waals surface area contributed by atoms with Crippen molar-refractivity contribution in [3.05, 3.63) is 34.9 Å². The van der Waals surface area contributed by atoms with Gasteiger partial charge in [0.15, 0.2) is 5.84 Å². The van der Waals surface area contributed by atoms with Gasteiger partial charge in [0.25, 0.3) is 5.91 Å². The molecule has 3 rings (SSSR count). The van der Waals surface area contributed by atoms with Crippen molar-refractivity contribution in [1.82, 2.24) is 9.80 Å². The van der Waals surface area contributed by atoms with E-state index >= 15 is 0 Å². The smallest absolute Gasteiger partial charge is 0.332 e. The van der Waals surface area contributed by atoms with Crippen molar-refractivity contribution in [2.24, 2.45) is 10.9 Å². The maximum Gasteiger partial charge on any atom is 0.332 e. The molecule has 1 saturated heterocycles. The van der Waals surface area contributed by atoms with Gasteiger partial charge in [-0.15, -0.1) is 0 Å². The van der Waals surface area contributed by atoms with Gasteiger partial charge in [-0.05, 0) is 37.5 Å². The third-order valence-electron chi connectivity index (χ3n) is 5.25. The molecule has 10 nitrogen and oxygen atoms in total. The van der Waals surface area contributed by atoms with E-state index in [0.29, 0.717) is 50.2 Å². The maximum atomic E-state index is 12.7. The normalized spacial score (nSPS) is 17.2. The summed E-state index contributed by atoms with van der Waals surface area (Å²) in [7, 11) is 0. The van der Waals surface area contributed by atoms with E-state index in [2.05, 4.69) is 5.16 Å². The number of amides is 2. The maximum absolute atomic E-state index is 12.7. The number of piperidine rings is 1. The minimum atomic E-state index is -0.390. The highest BCUT2D eigenvalue weighted by atomic mass is 16.6. The summed E-state index contributed by atoms with van der Waals surface area (Å²) in [5.74, 6) is -0.764. The second kappa shape index (κ2) is 9.57. The highest BCUT2D eigenvalue weighted by Gasteiger charge is 2.31. The molecule has 1 aromatic carbocycles. The SMILES string of the molecule is CCOC(=O)COC1CCN(C(=O)CN2Cc3cc(/C(N)=N\O)ccc3C2=O)CC1. The van der Waals surface area contributed by atoms with Crippen LogP contribution in [0, 0.1) is 0 Å². The van der Waals surface area contributed by atoms with E-state index in [1.165, 1.54) is 4.90 Å². The van der Waals surface area contributed by atoms with Crippen molar-refractivity contribution in [2.45, 2.75) is 32.4 Å². The number of esters is 1. The quantitative estimate of drug-likeness (QED) is 0.214. The number of carbonyl (C=O) groups is 3. The first-order chi connectivity index (χ1) is 14.4. The second-order valence-electron chi connectivity index (χ2n) is 7.21. The predicted molar refractivity (Wildman–Crippen MR) is 106 cm³/mol. The van der Waals surface area contributed by atoms with Crippen LogP contribution in [0.1, 0.15) is 41.3 Å². The first kappa shape index (κ1) is 21.6. The summed E-state index contributed by atoms with van der Waals surface area (Å²) in [5, 5.41) is 11.8. The number of fused-ring (bicyclic) bond motifs is 1. The van der Waals surface area contributed by atoms with Gasteiger partial charge >= 0.3 is 5.97 Å². The number of benzene rings is 1. The number of ether oxygens (including phenoxy) is 2. The molecule has 2 aliphatic heterocycles. The van der Waals surface area contributed by atoms with Gasteiger partial charge < -0.3 is 30.2 Å². The number of hydrogen-bond acceptors (Lipinski definition) is 7. The summed E-state index contributed by atoms with van der Waals surface area (Å²) in [4.78, 5) is 39.9. The molecule has 2 amide bonds. The van der Waals surface area contributed by atoms with Crippen LogP contribution in [0.5, 0.6) is 0 Å². The lowest BCUT2D eigenvalue weighted by Crippen LogP contribution is -2.45. The second-order valence-corrected chi connectivity index (χ2v) is 7.21. The van der Waals surface area contributed by atoms with E-state index in [1.807, 2.05) is 0 Å². The molecule has 0 atom stereocenters. The Balaban J connectivity index is 1.50. The van der Waals surface area contributed by atoms with Crippen molar-refractivity contribution in [3.63, 3.8) is 0 Å². The Morgan fingerprint density at radius 2 is 2.03 bits per heavy atom. The minimum absolute atomic E-state index is 0.0131. The van der Waals surface area contributed by atoms with E-state index < -0.39 is 5.97 Å². The third-order valence-corrected chi connectivity index (χ3v) is 5.25. The number of hydrogen-bond donors (Lipinski definition) is 2. The van der Waals surface area contributed by atoms with Gasteiger partial charge in [0.2, 0.25) is 5.91 Å². The van der Waals surface area contributed by atoms with Crippen molar-refractivity contribution in [2.75, 3.05) is 32.8 Å². The van der Waals surface area contributed by atoms with Crippen LogP contribution in [0.25, 0.3) is 0 Å². The molecule has 10 heteroatoms. The summed E-state index contributed by atoms with van der Waals surface area (Å²) < 4.78 is 10.4. The zero-order valence-electron chi connectivity index (χ0n) is 16.9. The number of amidine groups is 1. The average Bonchev–Trinajstić information content (AvgIpc) is 3.06. The highest BCUT2D eigenvalue weighted by Crippen LogP contribution is 2.24. The summed E-state index contributed by atoms with van der Waals surface area (Å²) in [6.45, 7) is 3.28. The first-order valence-corrected chi connectivity index (χ1v) is 9.88. The first-order valence-electron chi connectivity index (χ1n) is 9.88. The van der Waals surface area contributed by atoms with Crippen LogP contribution in [0.2, 0.25) is 0 Å². The fourth-order valence-electron chi connectivity index (χ4n) is 3.65. The van der Waals surface area contributed by atoms with Crippen molar-refractivity contribution in [3.8, 4) is 0 Å². The summed E-state index contributed by atoms with van der Waals surface area (Å²) in [6, 6.07) is 4.93. The molecular formula is C20H26N4O6. The highest BCUT2D eigenvalue weighted by molar-refractivity contribution is 6.03. The molecule has 1 aromatic rings. The van der Waals surface area contributed by atoms with Crippen molar-refractivity contribution in [1.29, 1.82) is 0 Å². The zero-order valence-corrected chi connectivity index (χ0v) is 16.9. The molecule has 0 aromatic heterocycles. The van der Waals surface area contributed by atoms with Crippen LogP contribution in [-0.4, -0.2) is 77.6 Å². The van der Waals surface area contributed by atoms with Gasteiger partial charge in [0, 0.05) is 30.8 Å². The Morgan fingerprint density at radius 1 is 1.30 bits per heavy atom. The standard InChI is InChI=1S/C20H26N4O6/c1-2-29-18(26)12-30-15-5-7-23(8-6-15)17(25)11-24-10-14-9-13(19(21)22-28)3-4-16(14)20(24)27/h3-4,9,15,28H,2,5-8,10-12H2,1H3,(H2,21,22). The molecular weight excluding hydrogens is 392 g/mol. The number of nitrogens with two attached hydrogens (primary N) is 1. The molecule has 162 valence electrons. The van der Waals surface area contributed by atoms with Crippen LogP contribution >= 0.6 is 0 Å². The fourth-order valence-corrected chi connectivity index (χ4v) is 3.65. The Labute approximate surface area is 174 Å². The Bertz CT molecular complexity index is 848. The summed E-state index contributed by atoms with van der Waals surface area (Å²) >= 11 is 0. The molecule has 1 fully saturated rings. The molecule has 0 unspecified atom stereocenters. The number of nitrogens with zero attached hydrogens (tertiary/aromatic N) is 3. The number of likely N-dealkylation sites (tertiary alicyclic amines) is 1. The largest absolute Gasteiger partial charge is 0.464 e. The molecule has 0 saturated carbocycles. The molecule has 0 spiro atoms. The lowest BCUT2D eigenvalue weighted by atomic mass is 10.1. The number of carbonyl (C=O) groups excluding carboxylic acids is 3. The van der Waals surface area contributed by atoms with Crippen molar-refractivity contribution >= 4 is 23.6 Å². The van der Waals surface area contributed by atoms with Crippen LogP contribution < -0.4 is 5.73 Å². The van der Waals surface area contributed by atoms with Gasteiger partial charge in [-0.2, -0.15) is 0 Å². The molecule has 0 radical (unpaired) electrons. The number of oxime groups is 1. The fraction of sp³-hybridized carbons (Fsp3) is 0.500. The molecule has 2 aliphatic rings. The molecule has 0 bridgehead atoms. The zero-order chi connectivity index (χ0) is 21.7. The van der Waals surface area contributed by atoms with Gasteiger partial charge in [-0.25, -0.2) is 4.79 Å². The average molecular weight is 418 g/mol. The minimum Gasteiger partial charge on any atom is -0.464 e. The topological polar surface area (TPSA) is 135 Å². The predicted octanol–water partition coefficient (Wildman–Crippen LogP) is 0.308. The lowest BCUT2D eigenvalue weighted by molar-refractivity contribution is -0.152. The van der Waals surface area contributed by atoms with E-state index in [4.69, 9.17) is 20.4 Å². The van der Waals surface area contributed by atoms with E-state index in [0.717, 1.165) is 5.56 Å². The van der Waals surface area contributed by atoms with E-state index in [1.54, 1.807) is 30.0 Å². The van der Waals surface area contributed by atoms with Gasteiger partial charge in [0.05, 0.1) is 12.7 Å². The molecule has 2 heterocycles.